The number of nitrogens with one attached hydrogen (secondary N) is 1. The summed E-state index contributed by atoms with van der Waals surface area (Å²) in [5.41, 5.74) is 9.37. The molecule has 0 unspecified atom stereocenters. The number of likely N-dealkylation sites (N-methyl/N-ethyl adjacent to an activating group) is 1. The Morgan fingerprint density at radius 3 is 2.71 bits per heavy atom. The molecule has 2 aromatic heterocycles. The van der Waals surface area contributed by atoms with Crippen LogP contribution < -0.4 is 5.73 Å². The highest BCUT2D eigenvalue weighted by Gasteiger charge is 2.46. The average molecular weight is 384 g/mol. The maximum atomic E-state index is 13.1. The number of hydrogen-bond acceptors (Lipinski definition) is 6. The van der Waals surface area contributed by atoms with Gasteiger partial charge in [0.15, 0.2) is 0 Å². The molecule has 1 spiro atoms. The average Bonchev–Trinajstić information content (AvgIpc) is 3.18. The number of imidazole rings is 1. The van der Waals surface area contributed by atoms with Crippen LogP contribution in [0.5, 0.6) is 0 Å². The Bertz CT molecular complexity index is 867. The Kier molecular flexibility index (Phi) is 4.82. The van der Waals surface area contributed by atoms with E-state index in [0.29, 0.717) is 18.8 Å². The Morgan fingerprint density at radius 1 is 1.29 bits per heavy atom. The number of nitrogens with two attached hydrogens (primary N) is 1. The zero-order chi connectivity index (χ0) is 19.9. The van der Waals surface area contributed by atoms with Crippen molar-refractivity contribution in [2.45, 2.75) is 51.5 Å². The molecule has 2 aromatic rings. The van der Waals surface area contributed by atoms with Gasteiger partial charge in [0.05, 0.1) is 17.6 Å². The molecule has 0 saturated carbocycles. The normalized spacial score (nSPS) is 19.2. The largest absolute Gasteiger partial charge is 0.368 e. The highest BCUT2D eigenvalue weighted by molar-refractivity contribution is 5.92. The van der Waals surface area contributed by atoms with Crippen LogP contribution in [0.2, 0.25) is 0 Å². The summed E-state index contributed by atoms with van der Waals surface area (Å²) in [6.45, 7) is 9.65. The number of hydrogen-bond donors (Lipinski definition) is 2. The molecule has 0 atom stereocenters. The maximum absolute atomic E-state index is 13.1. The molecule has 8 nitrogen and oxygen atoms in total. The fourth-order valence-electron chi connectivity index (χ4n) is 4.67. The molecule has 1 amide bonds. The molecular weight excluding hydrogens is 354 g/mol. The van der Waals surface area contributed by atoms with Crippen molar-refractivity contribution in [3.63, 3.8) is 0 Å². The van der Waals surface area contributed by atoms with Crippen LogP contribution in [-0.4, -0.2) is 61.8 Å². The molecule has 1 saturated heterocycles. The summed E-state index contributed by atoms with van der Waals surface area (Å²) in [6.07, 6.45) is 4.57. The molecule has 0 aromatic carbocycles. The van der Waals surface area contributed by atoms with E-state index in [1.165, 1.54) is 11.4 Å². The predicted octanol–water partition coefficient (Wildman–Crippen LogP) is 1.91. The first-order valence-electron chi connectivity index (χ1n) is 10.2. The van der Waals surface area contributed by atoms with Crippen LogP contribution in [-0.2, 0) is 12.0 Å². The van der Waals surface area contributed by atoms with E-state index < -0.39 is 0 Å². The van der Waals surface area contributed by atoms with Crippen molar-refractivity contribution >= 4 is 11.9 Å². The molecule has 0 radical (unpaired) electrons. The van der Waals surface area contributed by atoms with Gasteiger partial charge in [0.25, 0.3) is 5.91 Å². The number of aromatic amines is 1. The monoisotopic (exact) mass is 383 g/mol. The van der Waals surface area contributed by atoms with Gasteiger partial charge in [-0.05, 0) is 31.4 Å². The molecule has 2 aliphatic heterocycles. The maximum Gasteiger partial charge on any atom is 0.272 e. The number of rotatable bonds is 3. The number of carbonyl (C=O) groups excluding carboxylic acids is 1. The van der Waals surface area contributed by atoms with Crippen LogP contribution >= 0.6 is 0 Å². The van der Waals surface area contributed by atoms with Crippen LogP contribution in [0.25, 0.3) is 0 Å². The van der Waals surface area contributed by atoms with E-state index in [0.717, 1.165) is 38.0 Å². The Balaban J connectivity index is 1.55. The van der Waals surface area contributed by atoms with Gasteiger partial charge in [-0.1, -0.05) is 20.8 Å². The number of nitrogen functional groups attached to an aromatic ring is 1. The first-order valence-corrected chi connectivity index (χ1v) is 10.2. The topological polar surface area (TPSA) is 104 Å². The van der Waals surface area contributed by atoms with Crippen molar-refractivity contribution in [2.24, 2.45) is 0 Å². The second-order valence-corrected chi connectivity index (χ2v) is 8.07. The smallest absolute Gasteiger partial charge is 0.272 e. The summed E-state index contributed by atoms with van der Waals surface area (Å²) in [5, 5.41) is 0. The first kappa shape index (κ1) is 18.9. The highest BCUT2D eigenvalue weighted by atomic mass is 16.2. The Hall–Kier alpha value is -2.48. The van der Waals surface area contributed by atoms with Crippen LogP contribution in [0, 0.1) is 0 Å². The van der Waals surface area contributed by atoms with E-state index in [1.807, 2.05) is 18.7 Å². The number of aromatic nitrogens is 4. The van der Waals surface area contributed by atoms with Gasteiger partial charge in [-0.3, -0.25) is 9.69 Å². The van der Waals surface area contributed by atoms with Gasteiger partial charge in [0.1, 0.15) is 5.69 Å². The molecule has 0 aliphatic carbocycles. The van der Waals surface area contributed by atoms with E-state index in [2.05, 4.69) is 31.8 Å². The number of piperidine rings is 1. The summed E-state index contributed by atoms with van der Waals surface area (Å²) in [5.74, 6) is 0.292. The number of nitrogens with zero attached hydrogens (tertiary/aromatic N) is 5. The molecular formula is C20H29N7O. The molecule has 8 heteroatoms. The lowest BCUT2D eigenvalue weighted by atomic mass is 9.78. The Morgan fingerprint density at radius 2 is 2.04 bits per heavy atom. The fourth-order valence-corrected chi connectivity index (χ4v) is 4.67. The number of anilines is 1. The van der Waals surface area contributed by atoms with E-state index in [1.54, 1.807) is 12.4 Å². The number of likely N-dealkylation sites (tertiary alicyclic amines) is 1. The molecule has 150 valence electrons. The molecule has 4 rings (SSSR count). The van der Waals surface area contributed by atoms with E-state index in [9.17, 15) is 4.79 Å². The zero-order valence-corrected chi connectivity index (χ0v) is 16.9. The minimum atomic E-state index is -0.0765. The third kappa shape index (κ3) is 3.05. The number of amides is 1. The van der Waals surface area contributed by atoms with Crippen LogP contribution in [0.4, 0.5) is 5.95 Å². The molecule has 1 fully saturated rings. The standard InChI is InChI=1S/C20H29N7O/c1-4-27-8-5-14-17(23-12-22-14)20(27)6-9-26(10-7-20)18(28)16-11-15(13(2)3)24-19(21)25-16/h11-13H,4-10H2,1-3H3,(H,22,23)(H2,21,24,25). The summed E-state index contributed by atoms with van der Waals surface area (Å²) < 4.78 is 0. The molecule has 28 heavy (non-hydrogen) atoms. The number of fused-ring (bicyclic) bond motifs is 2. The van der Waals surface area contributed by atoms with Gasteiger partial charge in [-0.25, -0.2) is 15.0 Å². The summed E-state index contributed by atoms with van der Waals surface area (Å²) in [7, 11) is 0. The molecule has 4 heterocycles. The van der Waals surface area contributed by atoms with Crippen molar-refractivity contribution < 1.29 is 4.79 Å². The lowest BCUT2D eigenvalue weighted by molar-refractivity contribution is 0.0100. The van der Waals surface area contributed by atoms with Crippen LogP contribution in [0.3, 0.4) is 0 Å². The SMILES string of the molecule is CCN1CCc2[nH]cnc2C12CCN(C(=O)c1cc(C(C)C)nc(N)n1)CC2. The van der Waals surface area contributed by atoms with Gasteiger partial charge in [-0.2, -0.15) is 0 Å². The van der Waals surface area contributed by atoms with Crippen molar-refractivity contribution in [3.8, 4) is 0 Å². The van der Waals surface area contributed by atoms with Gasteiger partial charge in [0.2, 0.25) is 5.95 Å². The quantitative estimate of drug-likeness (QED) is 0.839. The number of H-pyrrole nitrogens is 1. The second-order valence-electron chi connectivity index (χ2n) is 8.07. The van der Waals surface area contributed by atoms with Crippen molar-refractivity contribution in [1.29, 1.82) is 0 Å². The lowest BCUT2D eigenvalue weighted by Gasteiger charge is -2.50. The summed E-state index contributed by atoms with van der Waals surface area (Å²) >= 11 is 0. The lowest BCUT2D eigenvalue weighted by Crippen LogP contribution is -2.57. The van der Waals surface area contributed by atoms with Crippen LogP contribution in [0.15, 0.2) is 12.4 Å². The number of carbonyl (C=O) groups is 1. The minimum absolute atomic E-state index is 0.0630. The molecule has 2 aliphatic rings. The second kappa shape index (κ2) is 7.16. The van der Waals surface area contributed by atoms with Gasteiger partial charge in [-0.15, -0.1) is 0 Å². The zero-order valence-electron chi connectivity index (χ0n) is 16.9. The summed E-state index contributed by atoms with van der Waals surface area (Å²) in [4.78, 5) is 33.9. The van der Waals surface area contributed by atoms with E-state index in [4.69, 9.17) is 5.73 Å². The van der Waals surface area contributed by atoms with Crippen molar-refractivity contribution in [2.75, 3.05) is 31.9 Å². The third-order valence-electron chi connectivity index (χ3n) is 6.23. The summed E-state index contributed by atoms with van der Waals surface area (Å²) in [6, 6.07) is 1.78. The first-order chi connectivity index (χ1) is 13.4. The predicted molar refractivity (Wildman–Crippen MR) is 107 cm³/mol. The van der Waals surface area contributed by atoms with E-state index in [-0.39, 0.29) is 23.3 Å². The molecule has 0 bridgehead atoms. The van der Waals surface area contributed by atoms with Gasteiger partial charge >= 0.3 is 0 Å². The Labute approximate surface area is 165 Å². The van der Waals surface area contributed by atoms with Crippen molar-refractivity contribution in [3.05, 3.63) is 35.2 Å². The van der Waals surface area contributed by atoms with Crippen molar-refractivity contribution in [1.82, 2.24) is 29.7 Å². The molecule has 3 N–H and O–H groups in total. The van der Waals surface area contributed by atoms with E-state index >= 15 is 0 Å². The van der Waals surface area contributed by atoms with Gasteiger partial charge in [0, 0.05) is 37.4 Å². The highest BCUT2D eigenvalue weighted by Crippen LogP contribution is 2.42. The van der Waals surface area contributed by atoms with Gasteiger partial charge < -0.3 is 15.6 Å². The fraction of sp³-hybridized carbons (Fsp3) is 0.600. The minimum Gasteiger partial charge on any atom is -0.368 e. The van der Waals surface area contributed by atoms with Crippen LogP contribution in [0.1, 0.15) is 67.1 Å². The third-order valence-corrected chi connectivity index (χ3v) is 6.23.